The van der Waals surface area contributed by atoms with E-state index in [1.165, 1.54) is 11.1 Å². The highest BCUT2D eigenvalue weighted by molar-refractivity contribution is 5.66. The Labute approximate surface area is 204 Å². The maximum Gasteiger partial charge on any atom is 0.213 e. The number of fused-ring (bicyclic) bond motifs is 1. The molecular weight excluding hydrogens is 424 g/mol. The summed E-state index contributed by atoms with van der Waals surface area (Å²) in [6.45, 7) is 12.7. The first kappa shape index (κ1) is 25.7. The average molecular weight is 463 g/mol. The molecule has 5 nitrogen and oxygen atoms in total. The molecule has 0 saturated heterocycles. The van der Waals surface area contributed by atoms with Crippen LogP contribution >= 0.6 is 0 Å². The van der Waals surface area contributed by atoms with Gasteiger partial charge in [0.25, 0.3) is 0 Å². The Morgan fingerprint density at radius 2 is 1.76 bits per heavy atom. The molecule has 1 aliphatic rings. The van der Waals surface area contributed by atoms with Crippen LogP contribution in [0.2, 0.25) is 0 Å². The van der Waals surface area contributed by atoms with Crippen LogP contribution in [0.1, 0.15) is 63.4 Å². The van der Waals surface area contributed by atoms with E-state index in [0.717, 1.165) is 35.2 Å². The summed E-state index contributed by atoms with van der Waals surface area (Å²) in [5.74, 6) is 1.95. The maximum atomic E-state index is 9.82. The number of ether oxygens (including phenoxy) is 2. The SMILES string of the molecule is CC.Cc1nc(OCCC(C)(C)O)ccc1-c1cccc(COc2cc3c(cn2)CC(C)C3)c1. The third-order valence-electron chi connectivity index (χ3n) is 5.84. The highest BCUT2D eigenvalue weighted by Gasteiger charge is 2.19. The van der Waals surface area contributed by atoms with Crippen molar-refractivity contribution in [2.75, 3.05) is 6.61 Å². The molecule has 4 rings (SSSR count). The van der Waals surface area contributed by atoms with Gasteiger partial charge in [0, 0.05) is 36.0 Å². The number of hydrogen-bond donors (Lipinski definition) is 1. The van der Waals surface area contributed by atoms with E-state index in [1.54, 1.807) is 13.8 Å². The minimum atomic E-state index is -0.745. The summed E-state index contributed by atoms with van der Waals surface area (Å²) in [5, 5.41) is 9.82. The van der Waals surface area contributed by atoms with E-state index in [1.807, 2.05) is 45.2 Å². The van der Waals surface area contributed by atoms with Crippen molar-refractivity contribution < 1.29 is 14.6 Å². The molecule has 0 aliphatic heterocycles. The number of benzene rings is 1. The first-order valence-corrected chi connectivity index (χ1v) is 12.3. The van der Waals surface area contributed by atoms with E-state index in [0.29, 0.717) is 37.3 Å². The molecule has 1 aromatic carbocycles. The van der Waals surface area contributed by atoms with Gasteiger partial charge in [-0.3, -0.25) is 0 Å². The molecule has 2 aromatic heterocycles. The Hall–Kier alpha value is -2.92. The number of aromatic nitrogens is 2. The molecule has 1 aliphatic carbocycles. The molecule has 0 fully saturated rings. The monoisotopic (exact) mass is 462 g/mol. The van der Waals surface area contributed by atoms with Crippen LogP contribution < -0.4 is 9.47 Å². The van der Waals surface area contributed by atoms with Gasteiger partial charge in [-0.25, -0.2) is 9.97 Å². The fourth-order valence-corrected chi connectivity index (χ4v) is 4.09. The van der Waals surface area contributed by atoms with Crippen molar-refractivity contribution in [3.63, 3.8) is 0 Å². The van der Waals surface area contributed by atoms with E-state index in [-0.39, 0.29) is 0 Å². The van der Waals surface area contributed by atoms with E-state index in [9.17, 15) is 5.11 Å². The summed E-state index contributed by atoms with van der Waals surface area (Å²) < 4.78 is 11.7. The Bertz CT molecular complexity index is 1090. The zero-order chi connectivity index (χ0) is 24.7. The Morgan fingerprint density at radius 3 is 2.50 bits per heavy atom. The van der Waals surface area contributed by atoms with Gasteiger partial charge in [0.05, 0.1) is 12.2 Å². The van der Waals surface area contributed by atoms with Crippen LogP contribution in [-0.4, -0.2) is 27.3 Å². The molecule has 34 heavy (non-hydrogen) atoms. The number of aryl methyl sites for hydroxylation is 1. The van der Waals surface area contributed by atoms with Crippen LogP contribution in [-0.2, 0) is 19.4 Å². The minimum absolute atomic E-state index is 0.428. The van der Waals surface area contributed by atoms with Crippen LogP contribution in [0.15, 0.2) is 48.7 Å². The van der Waals surface area contributed by atoms with Gasteiger partial charge < -0.3 is 14.6 Å². The van der Waals surface area contributed by atoms with Crippen molar-refractivity contribution in [2.24, 2.45) is 5.92 Å². The molecule has 0 saturated carbocycles. The molecular formula is C29H38N2O3. The lowest BCUT2D eigenvalue weighted by molar-refractivity contribution is 0.0547. The third-order valence-corrected chi connectivity index (χ3v) is 5.84. The van der Waals surface area contributed by atoms with Crippen molar-refractivity contribution >= 4 is 0 Å². The summed E-state index contributed by atoms with van der Waals surface area (Å²) in [7, 11) is 0. The summed E-state index contributed by atoms with van der Waals surface area (Å²) in [6, 6.07) is 14.3. The molecule has 0 bridgehead atoms. The van der Waals surface area contributed by atoms with Gasteiger partial charge in [-0.2, -0.15) is 0 Å². The molecule has 2 heterocycles. The summed E-state index contributed by atoms with van der Waals surface area (Å²) in [5.41, 5.74) is 6.11. The molecule has 3 aromatic rings. The fourth-order valence-electron chi connectivity index (χ4n) is 4.09. The van der Waals surface area contributed by atoms with Gasteiger partial charge in [-0.05, 0) is 73.9 Å². The van der Waals surface area contributed by atoms with E-state index in [4.69, 9.17) is 9.47 Å². The second-order valence-electron chi connectivity index (χ2n) is 9.49. The first-order valence-electron chi connectivity index (χ1n) is 12.3. The summed E-state index contributed by atoms with van der Waals surface area (Å²) in [4.78, 5) is 9.07. The molecule has 5 heteroatoms. The lowest BCUT2D eigenvalue weighted by Crippen LogP contribution is -2.22. The number of hydrogen-bond acceptors (Lipinski definition) is 5. The normalized spacial score (nSPS) is 14.7. The van der Waals surface area contributed by atoms with Gasteiger partial charge >= 0.3 is 0 Å². The zero-order valence-corrected chi connectivity index (χ0v) is 21.4. The van der Waals surface area contributed by atoms with Gasteiger partial charge in [-0.1, -0.05) is 39.0 Å². The van der Waals surface area contributed by atoms with Crippen molar-refractivity contribution in [1.29, 1.82) is 0 Å². The second-order valence-corrected chi connectivity index (χ2v) is 9.49. The number of rotatable bonds is 8. The average Bonchev–Trinajstić information content (AvgIpc) is 3.18. The molecule has 0 radical (unpaired) electrons. The summed E-state index contributed by atoms with van der Waals surface area (Å²) >= 11 is 0. The van der Waals surface area contributed by atoms with Gasteiger partial charge in [0.15, 0.2) is 0 Å². The van der Waals surface area contributed by atoms with Crippen LogP contribution in [0.4, 0.5) is 0 Å². The lowest BCUT2D eigenvalue weighted by Gasteiger charge is -2.17. The van der Waals surface area contributed by atoms with Crippen LogP contribution in [0, 0.1) is 12.8 Å². The zero-order valence-electron chi connectivity index (χ0n) is 21.4. The topological polar surface area (TPSA) is 64.5 Å². The molecule has 0 amide bonds. The molecule has 1 unspecified atom stereocenters. The third kappa shape index (κ3) is 7.04. The lowest BCUT2D eigenvalue weighted by atomic mass is 10.0. The number of pyridine rings is 2. The highest BCUT2D eigenvalue weighted by atomic mass is 16.5. The van der Waals surface area contributed by atoms with Crippen molar-refractivity contribution in [3.8, 4) is 22.9 Å². The van der Waals surface area contributed by atoms with Crippen molar-refractivity contribution in [3.05, 3.63) is 71.0 Å². The minimum Gasteiger partial charge on any atom is -0.478 e. The Morgan fingerprint density at radius 1 is 1.00 bits per heavy atom. The van der Waals surface area contributed by atoms with E-state index in [2.05, 4.69) is 41.2 Å². The standard InChI is InChI=1S/C27H32N2O3.C2H6/c1-18-12-22-15-26(28-16-23(22)13-18)32-17-20-6-5-7-21(14-20)24-8-9-25(29-19(24)2)31-11-10-27(3,4)30;1-2/h5-9,14-16,18,30H,10-13,17H2,1-4H3;1-2H3. The predicted molar refractivity (Wildman–Crippen MR) is 137 cm³/mol. The summed E-state index contributed by atoms with van der Waals surface area (Å²) in [6.07, 6.45) is 4.73. The molecule has 1 N–H and O–H groups in total. The Balaban J connectivity index is 0.00000158. The Kier molecular flexibility index (Phi) is 8.67. The second kappa shape index (κ2) is 11.5. The highest BCUT2D eigenvalue weighted by Crippen LogP contribution is 2.29. The molecule has 1 atom stereocenters. The predicted octanol–water partition coefficient (Wildman–Crippen LogP) is 6.33. The molecule has 182 valence electrons. The fraction of sp³-hybridized carbons (Fsp3) is 0.448. The van der Waals surface area contributed by atoms with Gasteiger partial charge in [0.2, 0.25) is 11.8 Å². The maximum absolute atomic E-state index is 9.82. The molecule has 0 spiro atoms. The first-order chi connectivity index (χ1) is 16.3. The van der Waals surface area contributed by atoms with Crippen LogP contribution in [0.5, 0.6) is 11.8 Å². The number of aliphatic hydroxyl groups is 1. The smallest absolute Gasteiger partial charge is 0.213 e. The van der Waals surface area contributed by atoms with Gasteiger partial charge in [0.1, 0.15) is 6.61 Å². The largest absolute Gasteiger partial charge is 0.478 e. The van der Waals surface area contributed by atoms with Gasteiger partial charge in [-0.15, -0.1) is 0 Å². The number of nitrogens with zero attached hydrogens (tertiary/aromatic N) is 2. The quantitative estimate of drug-likeness (QED) is 0.424. The van der Waals surface area contributed by atoms with E-state index < -0.39 is 5.60 Å². The van der Waals surface area contributed by atoms with Crippen molar-refractivity contribution in [2.45, 2.75) is 73.0 Å². The van der Waals surface area contributed by atoms with Crippen LogP contribution in [0.25, 0.3) is 11.1 Å². The van der Waals surface area contributed by atoms with Crippen LogP contribution in [0.3, 0.4) is 0 Å². The van der Waals surface area contributed by atoms with E-state index >= 15 is 0 Å². The van der Waals surface area contributed by atoms with Crippen molar-refractivity contribution in [1.82, 2.24) is 9.97 Å².